The number of piperidine rings is 1. The molecule has 2 aromatic carbocycles. The van der Waals surface area contributed by atoms with Crippen LogP contribution in [0.4, 0.5) is 5.69 Å². The first-order valence-corrected chi connectivity index (χ1v) is 11.0. The molecule has 1 atom stereocenters. The third-order valence-electron chi connectivity index (χ3n) is 5.24. The van der Waals surface area contributed by atoms with Gasteiger partial charge in [-0.05, 0) is 80.3 Å². The van der Waals surface area contributed by atoms with Crippen molar-refractivity contribution >= 4 is 21.4 Å². The van der Waals surface area contributed by atoms with E-state index in [-0.39, 0.29) is 6.04 Å². The monoisotopic (exact) mass is 400 g/mol. The van der Waals surface area contributed by atoms with Crippen LogP contribution in [0.2, 0.25) is 0 Å². The minimum absolute atomic E-state index is 0.0506. The Kier molecular flexibility index (Phi) is 6.10. The summed E-state index contributed by atoms with van der Waals surface area (Å²) < 4.78 is 32.8. The average molecular weight is 401 g/mol. The molecule has 0 radical (unpaired) electrons. The first-order chi connectivity index (χ1) is 13.3. The van der Waals surface area contributed by atoms with Crippen molar-refractivity contribution in [1.29, 1.82) is 0 Å². The van der Waals surface area contributed by atoms with Crippen molar-refractivity contribution in [3.05, 3.63) is 60.2 Å². The Hall–Kier alpha value is -2.31. The van der Waals surface area contributed by atoms with Gasteiger partial charge in [0.05, 0.1) is 12.0 Å². The number of anilines is 1. The van der Waals surface area contributed by atoms with E-state index in [9.17, 15) is 8.42 Å². The fourth-order valence-electron chi connectivity index (χ4n) is 3.59. The smallest absolute Gasteiger partial charge is 0.243 e. The number of aryl methyl sites for hydroxylation is 1. The molecular weight excluding hydrogens is 372 g/mol. The molecule has 1 unspecified atom stereocenters. The number of benzene rings is 2. The molecule has 0 aliphatic carbocycles. The van der Waals surface area contributed by atoms with Gasteiger partial charge >= 0.3 is 0 Å². The van der Waals surface area contributed by atoms with E-state index in [1.54, 1.807) is 35.7 Å². The summed E-state index contributed by atoms with van der Waals surface area (Å²) in [7, 11) is -1.80. The van der Waals surface area contributed by atoms with E-state index in [0.29, 0.717) is 11.4 Å². The van der Waals surface area contributed by atoms with Crippen molar-refractivity contribution in [3.63, 3.8) is 0 Å². The third kappa shape index (κ3) is 4.23. The Bertz CT molecular complexity index is 952. The van der Waals surface area contributed by atoms with E-state index < -0.39 is 10.0 Å². The summed E-state index contributed by atoms with van der Waals surface area (Å²) in [6, 6.07) is 12.8. The predicted octanol–water partition coefficient (Wildman–Crippen LogP) is 4.65. The van der Waals surface area contributed by atoms with E-state index >= 15 is 0 Å². The lowest BCUT2D eigenvalue weighted by atomic mass is 10.1. The van der Waals surface area contributed by atoms with Crippen molar-refractivity contribution < 1.29 is 13.2 Å². The van der Waals surface area contributed by atoms with Crippen LogP contribution in [0.1, 0.15) is 37.3 Å². The van der Waals surface area contributed by atoms with Crippen LogP contribution in [0.15, 0.2) is 53.9 Å². The molecule has 0 bridgehead atoms. The van der Waals surface area contributed by atoms with Gasteiger partial charge in [0.25, 0.3) is 0 Å². The quantitative estimate of drug-likeness (QED) is 0.767. The molecule has 0 amide bonds. The molecule has 0 aromatic heterocycles. The summed E-state index contributed by atoms with van der Waals surface area (Å²) in [5, 5.41) is 3.25. The Labute approximate surface area is 168 Å². The van der Waals surface area contributed by atoms with Crippen LogP contribution in [0.5, 0.6) is 5.75 Å². The van der Waals surface area contributed by atoms with Crippen LogP contribution < -0.4 is 10.1 Å². The maximum Gasteiger partial charge on any atom is 0.243 e. The van der Waals surface area contributed by atoms with Crippen molar-refractivity contribution in [2.45, 2.75) is 44.0 Å². The SMILES string of the molecule is C=C(Nc1ccc(S(=O)(=O)N2CCCCC2C)cc1)c1ccc(OC)c(C)c1. The summed E-state index contributed by atoms with van der Waals surface area (Å²) in [6.07, 6.45) is 2.92. The van der Waals surface area contributed by atoms with Crippen LogP contribution in [-0.2, 0) is 10.0 Å². The van der Waals surface area contributed by atoms with Crippen LogP contribution in [0, 0.1) is 6.92 Å². The van der Waals surface area contributed by atoms with Crippen molar-refractivity contribution in [3.8, 4) is 5.75 Å². The molecule has 1 saturated heterocycles. The number of rotatable bonds is 6. The molecule has 1 N–H and O–H groups in total. The Morgan fingerprint density at radius 3 is 2.50 bits per heavy atom. The number of nitrogens with one attached hydrogen (secondary N) is 1. The van der Waals surface area contributed by atoms with E-state index in [1.807, 2.05) is 32.0 Å². The molecule has 1 fully saturated rings. The summed E-state index contributed by atoms with van der Waals surface area (Å²) in [6.45, 7) is 8.65. The van der Waals surface area contributed by atoms with Crippen LogP contribution in [0.3, 0.4) is 0 Å². The van der Waals surface area contributed by atoms with Crippen molar-refractivity contribution in [1.82, 2.24) is 4.31 Å². The lowest BCUT2D eigenvalue weighted by molar-refractivity contribution is 0.268. The summed E-state index contributed by atoms with van der Waals surface area (Å²) in [5.74, 6) is 0.832. The second-order valence-corrected chi connectivity index (χ2v) is 9.16. The molecule has 1 aliphatic rings. The highest BCUT2D eigenvalue weighted by molar-refractivity contribution is 7.89. The van der Waals surface area contributed by atoms with Gasteiger partial charge in [-0.2, -0.15) is 4.31 Å². The topological polar surface area (TPSA) is 58.6 Å². The number of hydrogen-bond acceptors (Lipinski definition) is 4. The molecule has 6 heteroatoms. The summed E-state index contributed by atoms with van der Waals surface area (Å²) in [4.78, 5) is 0.331. The molecule has 5 nitrogen and oxygen atoms in total. The van der Waals surface area contributed by atoms with Gasteiger partial charge < -0.3 is 10.1 Å². The maximum atomic E-state index is 12.9. The highest BCUT2D eigenvalue weighted by Gasteiger charge is 2.30. The van der Waals surface area contributed by atoms with E-state index in [4.69, 9.17) is 4.74 Å². The fourth-order valence-corrected chi connectivity index (χ4v) is 5.29. The fraction of sp³-hybridized carbons (Fsp3) is 0.364. The van der Waals surface area contributed by atoms with Gasteiger partial charge in [0, 0.05) is 24.0 Å². The molecule has 0 spiro atoms. The second-order valence-electron chi connectivity index (χ2n) is 7.27. The molecule has 1 aliphatic heterocycles. The standard InChI is InChI=1S/C22H28N2O3S/c1-16-15-19(8-13-22(16)27-4)18(3)23-20-9-11-21(12-10-20)28(25,26)24-14-6-5-7-17(24)2/h8-13,15,17,23H,3,5-7,14H2,1-2,4H3. The first-order valence-electron chi connectivity index (χ1n) is 9.56. The number of hydrogen-bond donors (Lipinski definition) is 1. The number of ether oxygens (including phenoxy) is 1. The number of nitrogens with zero attached hydrogens (tertiary/aromatic N) is 1. The zero-order chi connectivity index (χ0) is 20.3. The Morgan fingerprint density at radius 1 is 1.18 bits per heavy atom. The molecule has 2 aromatic rings. The summed E-state index contributed by atoms with van der Waals surface area (Å²) >= 11 is 0. The van der Waals surface area contributed by atoms with Crippen LogP contribution in [-0.4, -0.2) is 32.4 Å². The minimum Gasteiger partial charge on any atom is -0.496 e. The number of sulfonamides is 1. The maximum absolute atomic E-state index is 12.9. The largest absolute Gasteiger partial charge is 0.496 e. The van der Waals surface area contributed by atoms with Gasteiger partial charge in [-0.25, -0.2) is 8.42 Å². The van der Waals surface area contributed by atoms with E-state index in [0.717, 1.165) is 47.5 Å². The predicted molar refractivity (Wildman–Crippen MR) is 114 cm³/mol. The molecule has 1 heterocycles. The second kappa shape index (κ2) is 8.37. The zero-order valence-electron chi connectivity index (χ0n) is 16.7. The minimum atomic E-state index is -3.45. The average Bonchev–Trinajstić information content (AvgIpc) is 2.68. The van der Waals surface area contributed by atoms with Gasteiger partial charge in [-0.15, -0.1) is 0 Å². The first kappa shape index (κ1) is 20.4. The lowest BCUT2D eigenvalue weighted by Crippen LogP contribution is -2.41. The normalized spacial score (nSPS) is 17.9. The molecule has 28 heavy (non-hydrogen) atoms. The van der Waals surface area contributed by atoms with E-state index in [1.165, 1.54) is 0 Å². The third-order valence-corrected chi connectivity index (χ3v) is 7.27. The van der Waals surface area contributed by atoms with Crippen molar-refractivity contribution in [2.75, 3.05) is 19.0 Å². The van der Waals surface area contributed by atoms with E-state index in [2.05, 4.69) is 11.9 Å². The van der Waals surface area contributed by atoms with Crippen LogP contribution in [0.25, 0.3) is 5.70 Å². The Morgan fingerprint density at radius 2 is 1.89 bits per heavy atom. The lowest BCUT2D eigenvalue weighted by Gasteiger charge is -2.32. The van der Waals surface area contributed by atoms with Crippen molar-refractivity contribution in [2.24, 2.45) is 0 Å². The molecule has 0 saturated carbocycles. The number of methoxy groups -OCH3 is 1. The van der Waals surface area contributed by atoms with Crippen LogP contribution >= 0.6 is 0 Å². The summed E-state index contributed by atoms with van der Waals surface area (Å²) in [5.41, 5.74) is 3.52. The zero-order valence-corrected chi connectivity index (χ0v) is 17.6. The van der Waals surface area contributed by atoms with Gasteiger partial charge in [0.2, 0.25) is 10.0 Å². The van der Waals surface area contributed by atoms with Gasteiger partial charge in [-0.3, -0.25) is 0 Å². The Balaban J connectivity index is 1.74. The molecular formula is C22H28N2O3S. The van der Waals surface area contributed by atoms with Gasteiger partial charge in [-0.1, -0.05) is 13.0 Å². The van der Waals surface area contributed by atoms with Gasteiger partial charge in [0.15, 0.2) is 0 Å². The highest BCUT2D eigenvalue weighted by atomic mass is 32.2. The highest BCUT2D eigenvalue weighted by Crippen LogP contribution is 2.27. The van der Waals surface area contributed by atoms with Gasteiger partial charge in [0.1, 0.15) is 5.75 Å². The molecule has 150 valence electrons. The molecule has 3 rings (SSSR count).